The summed E-state index contributed by atoms with van der Waals surface area (Å²) >= 11 is 0. The molecule has 1 amide bonds. The molecule has 1 atom stereocenters. The van der Waals surface area contributed by atoms with E-state index >= 15 is 0 Å². The summed E-state index contributed by atoms with van der Waals surface area (Å²) in [6, 6.07) is 6.18. The number of sulfone groups is 1. The van der Waals surface area contributed by atoms with Crippen LogP contribution in [0.25, 0.3) is 0 Å². The molecule has 122 valence electrons. The molecule has 1 aliphatic heterocycles. The zero-order chi connectivity index (χ0) is 16.4. The number of hydrogen-bond donors (Lipinski definition) is 2. The Labute approximate surface area is 130 Å². The zero-order valence-electron chi connectivity index (χ0n) is 12.1. The van der Waals surface area contributed by atoms with Crippen molar-refractivity contribution in [1.29, 1.82) is 0 Å². The summed E-state index contributed by atoms with van der Waals surface area (Å²) in [5.41, 5.74) is 3.04. The molecule has 1 fully saturated rings. The predicted molar refractivity (Wildman–Crippen MR) is 81.0 cm³/mol. The van der Waals surface area contributed by atoms with Crippen LogP contribution >= 0.6 is 0 Å². The molecular formula is C13H18N2O5S2. The van der Waals surface area contributed by atoms with Gasteiger partial charge in [-0.15, -0.1) is 4.83 Å². The molecule has 0 aromatic heterocycles. The van der Waals surface area contributed by atoms with Crippen molar-refractivity contribution in [2.45, 2.75) is 24.7 Å². The lowest BCUT2D eigenvalue weighted by Crippen LogP contribution is -2.42. The summed E-state index contributed by atoms with van der Waals surface area (Å²) < 4.78 is 46.6. The highest BCUT2D eigenvalue weighted by molar-refractivity contribution is 7.91. The van der Waals surface area contributed by atoms with Gasteiger partial charge in [-0.05, 0) is 31.4 Å². The van der Waals surface area contributed by atoms with Crippen molar-refractivity contribution < 1.29 is 21.6 Å². The van der Waals surface area contributed by atoms with Crippen LogP contribution in [0.1, 0.15) is 18.4 Å². The Bertz CT molecular complexity index is 754. The predicted octanol–water partition coefficient (Wildman–Crippen LogP) is 0.129. The van der Waals surface area contributed by atoms with E-state index in [0.717, 1.165) is 5.56 Å². The first-order chi connectivity index (χ1) is 10.2. The maximum atomic E-state index is 12.0. The highest BCUT2D eigenvalue weighted by Crippen LogP contribution is 2.21. The van der Waals surface area contributed by atoms with Gasteiger partial charge in [0.1, 0.15) is 0 Å². The van der Waals surface area contributed by atoms with Gasteiger partial charge in [0.2, 0.25) is 5.91 Å². The van der Waals surface area contributed by atoms with Gasteiger partial charge in [0, 0.05) is 6.42 Å². The van der Waals surface area contributed by atoms with E-state index in [2.05, 4.69) is 5.43 Å². The Kier molecular flexibility index (Phi) is 4.88. The molecule has 9 heteroatoms. The van der Waals surface area contributed by atoms with E-state index in [-0.39, 0.29) is 28.7 Å². The van der Waals surface area contributed by atoms with Crippen LogP contribution < -0.4 is 10.3 Å². The molecule has 1 aromatic carbocycles. The second-order valence-electron chi connectivity index (χ2n) is 5.44. The summed E-state index contributed by atoms with van der Waals surface area (Å²) in [6.45, 7) is 1.83. The van der Waals surface area contributed by atoms with Crippen molar-refractivity contribution >= 4 is 25.8 Å². The number of hydrogen-bond acceptors (Lipinski definition) is 5. The summed E-state index contributed by atoms with van der Waals surface area (Å²) in [7, 11) is -6.88. The van der Waals surface area contributed by atoms with Gasteiger partial charge < -0.3 is 0 Å². The number of rotatable bonds is 5. The Morgan fingerprint density at radius 1 is 1.27 bits per heavy atom. The number of nitrogens with one attached hydrogen (secondary N) is 2. The second kappa shape index (κ2) is 6.35. The maximum Gasteiger partial charge on any atom is 0.257 e. The molecule has 0 aliphatic carbocycles. The number of hydrazine groups is 1. The Morgan fingerprint density at radius 2 is 1.91 bits per heavy atom. The molecule has 0 bridgehead atoms. The van der Waals surface area contributed by atoms with Crippen molar-refractivity contribution in [3.8, 4) is 0 Å². The minimum atomic E-state index is -3.83. The molecule has 1 aliphatic rings. The van der Waals surface area contributed by atoms with Gasteiger partial charge >= 0.3 is 0 Å². The zero-order valence-corrected chi connectivity index (χ0v) is 13.7. The van der Waals surface area contributed by atoms with E-state index in [9.17, 15) is 21.6 Å². The van der Waals surface area contributed by atoms with Crippen molar-refractivity contribution in [3.05, 3.63) is 29.8 Å². The lowest BCUT2D eigenvalue weighted by atomic mass is 10.1. The highest BCUT2D eigenvalue weighted by atomic mass is 32.2. The van der Waals surface area contributed by atoms with Crippen LogP contribution in [-0.4, -0.2) is 34.2 Å². The normalized spacial score (nSPS) is 20.7. The molecule has 0 radical (unpaired) electrons. The molecule has 2 rings (SSSR count). The SMILES string of the molecule is Cc1ccc(S(=O)(=O)NNC(=O)C[C@@H]2CCS(=O)(=O)C2)cc1. The molecule has 2 N–H and O–H groups in total. The average molecular weight is 346 g/mol. The second-order valence-corrected chi connectivity index (χ2v) is 9.35. The number of carbonyl (C=O) groups excluding carboxylic acids is 1. The Balaban J connectivity index is 1.89. The molecule has 1 aromatic rings. The van der Waals surface area contributed by atoms with Crippen molar-refractivity contribution in [2.75, 3.05) is 11.5 Å². The molecule has 0 unspecified atom stereocenters. The standard InChI is InChI=1S/C13H18N2O5S2/c1-10-2-4-12(5-3-10)22(19,20)15-14-13(16)8-11-6-7-21(17,18)9-11/h2-5,11,15H,6-9H2,1H3,(H,14,16)/t11-/m0/s1. The van der Waals surface area contributed by atoms with E-state index in [0.29, 0.717) is 6.42 Å². The topological polar surface area (TPSA) is 109 Å². The van der Waals surface area contributed by atoms with Gasteiger partial charge in [0.05, 0.1) is 16.4 Å². The van der Waals surface area contributed by atoms with Gasteiger partial charge in [-0.3, -0.25) is 10.2 Å². The average Bonchev–Trinajstić information content (AvgIpc) is 2.76. The minimum Gasteiger partial charge on any atom is -0.278 e. The summed E-state index contributed by atoms with van der Waals surface area (Å²) in [4.78, 5) is 13.8. The highest BCUT2D eigenvalue weighted by Gasteiger charge is 2.29. The fourth-order valence-corrected chi connectivity index (χ4v) is 4.97. The summed E-state index contributed by atoms with van der Waals surface area (Å²) in [5.74, 6) is -0.739. The molecule has 0 spiro atoms. The largest absolute Gasteiger partial charge is 0.278 e. The lowest BCUT2D eigenvalue weighted by molar-refractivity contribution is -0.122. The number of sulfonamides is 1. The van der Waals surface area contributed by atoms with Gasteiger partial charge in [-0.1, -0.05) is 17.7 Å². The smallest absolute Gasteiger partial charge is 0.257 e. The monoisotopic (exact) mass is 346 g/mol. The van der Waals surface area contributed by atoms with Gasteiger partial charge in [0.25, 0.3) is 10.0 Å². The first-order valence-corrected chi connectivity index (χ1v) is 10.1. The van der Waals surface area contributed by atoms with E-state index < -0.39 is 25.8 Å². The van der Waals surface area contributed by atoms with Crippen molar-refractivity contribution in [1.82, 2.24) is 10.3 Å². The first-order valence-electron chi connectivity index (χ1n) is 6.76. The molecule has 7 nitrogen and oxygen atoms in total. The Morgan fingerprint density at radius 3 is 2.45 bits per heavy atom. The number of carbonyl (C=O) groups is 1. The van der Waals surface area contributed by atoms with Crippen LogP contribution in [0.4, 0.5) is 0 Å². The summed E-state index contributed by atoms with van der Waals surface area (Å²) in [6.07, 6.45) is 0.413. The first kappa shape index (κ1) is 16.9. The van der Waals surface area contributed by atoms with E-state index in [4.69, 9.17) is 0 Å². The van der Waals surface area contributed by atoms with Gasteiger partial charge in [-0.25, -0.2) is 16.8 Å². The van der Waals surface area contributed by atoms with E-state index in [1.165, 1.54) is 12.1 Å². The van der Waals surface area contributed by atoms with Crippen LogP contribution in [-0.2, 0) is 24.7 Å². The van der Waals surface area contributed by atoms with E-state index in [1.54, 1.807) is 12.1 Å². The molecule has 1 heterocycles. The number of amides is 1. The third kappa shape index (κ3) is 4.52. The molecule has 1 saturated heterocycles. The van der Waals surface area contributed by atoms with Crippen LogP contribution in [0.15, 0.2) is 29.2 Å². The van der Waals surface area contributed by atoms with Crippen LogP contribution in [0.2, 0.25) is 0 Å². The quantitative estimate of drug-likeness (QED) is 0.737. The van der Waals surface area contributed by atoms with Crippen LogP contribution in [0.5, 0.6) is 0 Å². The minimum absolute atomic E-state index is 0.0182. The Hall–Kier alpha value is -1.45. The molecule has 22 heavy (non-hydrogen) atoms. The third-order valence-electron chi connectivity index (χ3n) is 3.46. The van der Waals surface area contributed by atoms with Crippen molar-refractivity contribution in [3.63, 3.8) is 0 Å². The van der Waals surface area contributed by atoms with Crippen molar-refractivity contribution in [2.24, 2.45) is 5.92 Å². The van der Waals surface area contributed by atoms with E-state index in [1.807, 2.05) is 11.8 Å². The number of benzene rings is 1. The number of aryl methyl sites for hydroxylation is 1. The fraction of sp³-hybridized carbons (Fsp3) is 0.462. The van der Waals surface area contributed by atoms with Crippen LogP contribution in [0.3, 0.4) is 0 Å². The van der Waals surface area contributed by atoms with Gasteiger partial charge in [0.15, 0.2) is 9.84 Å². The fourth-order valence-electron chi connectivity index (χ4n) is 2.25. The third-order valence-corrected chi connectivity index (χ3v) is 6.56. The molecular weight excluding hydrogens is 328 g/mol. The lowest BCUT2D eigenvalue weighted by Gasteiger charge is -2.10. The van der Waals surface area contributed by atoms with Crippen LogP contribution in [0, 0.1) is 12.8 Å². The maximum absolute atomic E-state index is 12.0. The van der Waals surface area contributed by atoms with Gasteiger partial charge in [-0.2, -0.15) is 0 Å². The summed E-state index contributed by atoms with van der Waals surface area (Å²) in [5, 5.41) is 0. The molecule has 0 saturated carbocycles.